The van der Waals surface area contributed by atoms with E-state index in [0.717, 1.165) is 27.7 Å². The van der Waals surface area contributed by atoms with Crippen LogP contribution in [-0.4, -0.2) is 39.2 Å². The number of aromatic nitrogens is 3. The molecule has 0 aliphatic heterocycles. The van der Waals surface area contributed by atoms with Crippen LogP contribution >= 0.6 is 23.5 Å². The fourth-order valence-electron chi connectivity index (χ4n) is 4.00. The van der Waals surface area contributed by atoms with E-state index in [9.17, 15) is 4.79 Å². The molecule has 10 heteroatoms. The maximum atomic E-state index is 13.3. The Morgan fingerprint density at radius 2 is 2.10 bits per heavy atom. The minimum Gasteiger partial charge on any atom is -0.448 e. The Morgan fingerprint density at radius 3 is 2.80 bits per heavy atom. The van der Waals surface area contributed by atoms with Crippen molar-refractivity contribution in [3.8, 4) is 0 Å². The van der Waals surface area contributed by atoms with Gasteiger partial charge in [-0.15, -0.1) is 0 Å². The van der Waals surface area contributed by atoms with Gasteiger partial charge in [0, 0.05) is 40.8 Å². The first-order chi connectivity index (χ1) is 19.2. The summed E-state index contributed by atoms with van der Waals surface area (Å²) in [6, 6.07) is 5.91. The van der Waals surface area contributed by atoms with E-state index in [-0.39, 0.29) is 5.78 Å². The summed E-state index contributed by atoms with van der Waals surface area (Å²) < 4.78 is 10.8. The zero-order chi connectivity index (χ0) is 29.2. The molecule has 1 aromatic carbocycles. The number of halogens is 1. The van der Waals surface area contributed by atoms with E-state index in [0.29, 0.717) is 53.3 Å². The van der Waals surface area contributed by atoms with Crippen LogP contribution in [0, 0.1) is 6.92 Å². The van der Waals surface area contributed by atoms with Gasteiger partial charge in [-0.05, 0) is 70.5 Å². The molecule has 40 heavy (non-hydrogen) atoms. The Bertz CT molecular complexity index is 1510. The molecule has 2 aromatic heterocycles. The quantitative estimate of drug-likeness (QED) is 0.0388. The summed E-state index contributed by atoms with van der Waals surface area (Å²) in [5, 5.41) is 5.91. The highest BCUT2D eigenvalue weighted by molar-refractivity contribution is 7.99. The van der Waals surface area contributed by atoms with Gasteiger partial charge in [-0.3, -0.25) is 9.79 Å². The smallest absolute Gasteiger partial charge is 0.214 e. The number of aliphatic imine (C=N–C) groups is 1. The van der Waals surface area contributed by atoms with Gasteiger partial charge in [-0.2, -0.15) is 5.10 Å². The Balaban J connectivity index is 1.71. The number of allylic oxidation sites excluding steroid dienone is 7. The number of carbonyl (C=O) groups is 1. The summed E-state index contributed by atoms with van der Waals surface area (Å²) in [6.45, 7) is 10.8. The van der Waals surface area contributed by atoms with Crippen molar-refractivity contribution in [2.45, 2.75) is 47.6 Å². The monoisotopic (exact) mass is 580 g/mol. The number of fused-ring (bicyclic) bond motifs is 1. The summed E-state index contributed by atoms with van der Waals surface area (Å²) in [6.07, 6.45) is 13.3. The average molecular weight is 581 g/mol. The van der Waals surface area contributed by atoms with Crippen LogP contribution in [0.4, 0.5) is 11.5 Å². The number of nitrogen functional groups attached to an aromatic ring is 1. The molecule has 0 atom stereocenters. The lowest BCUT2D eigenvalue weighted by Crippen LogP contribution is -2.10. The first-order valence-corrected chi connectivity index (χ1v) is 14.6. The van der Waals surface area contributed by atoms with Gasteiger partial charge in [-0.25, -0.2) is 4.68 Å². The molecule has 0 saturated heterocycles. The topological polar surface area (TPSA) is 110 Å². The van der Waals surface area contributed by atoms with Crippen molar-refractivity contribution >= 4 is 57.6 Å². The van der Waals surface area contributed by atoms with Crippen LogP contribution in [0.25, 0.3) is 10.9 Å². The Kier molecular flexibility index (Phi) is 11.3. The largest absolute Gasteiger partial charge is 0.448 e. The van der Waals surface area contributed by atoms with Gasteiger partial charge in [0.15, 0.2) is 5.90 Å². The van der Waals surface area contributed by atoms with Crippen LogP contribution in [-0.2, 0) is 11.3 Å². The van der Waals surface area contributed by atoms with Gasteiger partial charge >= 0.3 is 0 Å². The van der Waals surface area contributed by atoms with E-state index in [2.05, 4.69) is 19.8 Å². The lowest BCUT2D eigenvalue weighted by Gasteiger charge is -2.09. The van der Waals surface area contributed by atoms with Gasteiger partial charge in [0.05, 0.1) is 24.0 Å². The lowest BCUT2D eigenvalue weighted by atomic mass is 10.1. The molecule has 0 amide bonds. The van der Waals surface area contributed by atoms with E-state index in [1.807, 2.05) is 77.3 Å². The van der Waals surface area contributed by atoms with E-state index in [4.69, 9.17) is 22.1 Å². The number of nitrogens with zero attached hydrogens (tertiary/aromatic N) is 3. The molecule has 4 N–H and O–H groups in total. The van der Waals surface area contributed by atoms with Crippen LogP contribution in [0.1, 0.15) is 55.7 Å². The number of carbonyl (C=O) groups excluding carboxylic acids is 1. The second-order valence-corrected chi connectivity index (χ2v) is 10.3. The summed E-state index contributed by atoms with van der Waals surface area (Å²) in [5.41, 5.74) is 11.2. The zero-order valence-corrected chi connectivity index (χ0v) is 25.4. The number of nitrogens with two attached hydrogens (primary N) is 1. The van der Waals surface area contributed by atoms with Crippen LogP contribution in [0.5, 0.6) is 0 Å². The average Bonchev–Trinajstić information content (AvgIpc) is 3.49. The highest BCUT2D eigenvalue weighted by Gasteiger charge is 2.19. The third-order valence-electron chi connectivity index (χ3n) is 5.97. The van der Waals surface area contributed by atoms with Gasteiger partial charge in [0.25, 0.3) is 0 Å². The normalized spacial score (nSPS) is 13.5. The van der Waals surface area contributed by atoms with E-state index in [1.165, 1.54) is 18.1 Å². The van der Waals surface area contributed by atoms with Crippen LogP contribution in [0.3, 0.4) is 0 Å². The number of benzene rings is 1. The number of aromatic amines is 1. The summed E-state index contributed by atoms with van der Waals surface area (Å²) in [5.74, 6) is 1.35. The van der Waals surface area contributed by atoms with Crippen molar-refractivity contribution < 1.29 is 9.53 Å². The molecule has 0 radical (unpaired) electrons. The molecule has 0 aliphatic carbocycles. The number of anilines is 2. The maximum absolute atomic E-state index is 13.3. The Labute approximate surface area is 245 Å². The van der Waals surface area contributed by atoms with Crippen molar-refractivity contribution in [3.63, 3.8) is 0 Å². The number of rotatable bonds is 12. The highest BCUT2D eigenvalue weighted by atomic mass is 35.5. The summed E-state index contributed by atoms with van der Waals surface area (Å²) in [7, 11) is 0. The molecule has 0 bridgehead atoms. The predicted molar refractivity (Wildman–Crippen MR) is 170 cm³/mol. The van der Waals surface area contributed by atoms with E-state index >= 15 is 0 Å². The highest BCUT2D eigenvalue weighted by Crippen LogP contribution is 2.27. The van der Waals surface area contributed by atoms with Crippen molar-refractivity contribution in [1.29, 1.82) is 0 Å². The minimum atomic E-state index is -0.200. The lowest BCUT2D eigenvalue weighted by molar-refractivity contribution is 0.103. The molecule has 0 fully saturated rings. The number of ketones is 1. The van der Waals surface area contributed by atoms with Crippen molar-refractivity contribution in [3.05, 3.63) is 88.0 Å². The Morgan fingerprint density at radius 1 is 1.32 bits per heavy atom. The standard InChI is InChI=1S/C30H37ClN6O2S/c1-7-9-10-23(31)14-21(5)39-28(33-8-2)12-11-19(3)18-37-30(32)24(17-34-37)29(38)27-15-22-13-20(4)25(36-40-6)16-26(22)35-27/h7,9-11,13-17,35-36H,8,12,18,32H2,1-6H3/b9-7-,19-11-,21-14+,23-10+,33-28?. The summed E-state index contributed by atoms with van der Waals surface area (Å²) in [4.78, 5) is 21.0. The molecule has 0 spiro atoms. The van der Waals surface area contributed by atoms with Gasteiger partial charge in [-0.1, -0.05) is 47.4 Å². The molecule has 3 rings (SSSR count). The van der Waals surface area contributed by atoms with Crippen LogP contribution in [0.2, 0.25) is 0 Å². The fraction of sp³-hybridized carbons (Fsp3) is 0.300. The second-order valence-electron chi connectivity index (χ2n) is 9.23. The molecular weight excluding hydrogens is 544 g/mol. The van der Waals surface area contributed by atoms with Crippen LogP contribution in [0.15, 0.2) is 76.1 Å². The number of hydrogen-bond donors (Lipinski definition) is 3. The van der Waals surface area contributed by atoms with Gasteiger partial charge < -0.3 is 20.2 Å². The molecular formula is C30H37ClN6O2S. The molecule has 0 saturated carbocycles. The maximum Gasteiger partial charge on any atom is 0.214 e. The van der Waals surface area contributed by atoms with E-state index < -0.39 is 0 Å². The fourth-order valence-corrected chi connectivity index (χ4v) is 4.67. The zero-order valence-electron chi connectivity index (χ0n) is 23.8. The predicted octanol–water partition coefficient (Wildman–Crippen LogP) is 7.55. The molecule has 0 aliphatic rings. The number of ether oxygens (including phenoxy) is 1. The number of aryl methyl sites for hydroxylation is 1. The number of hydrogen-bond acceptors (Lipinski definition) is 7. The summed E-state index contributed by atoms with van der Waals surface area (Å²) >= 11 is 7.73. The molecule has 212 valence electrons. The van der Waals surface area contributed by atoms with Gasteiger partial charge in [0.2, 0.25) is 5.78 Å². The van der Waals surface area contributed by atoms with Crippen molar-refractivity contribution in [2.24, 2.45) is 4.99 Å². The Hall–Kier alpha value is -3.69. The van der Waals surface area contributed by atoms with Crippen molar-refractivity contribution in [1.82, 2.24) is 14.8 Å². The first-order valence-electron chi connectivity index (χ1n) is 13.0. The SMILES string of the molecule is C\C=C/C=C(Cl)\C=C(/C)OC(C/C=C(/C)Cn1ncc(C(=O)c2cc3cc(C)c(NSC)cc3[nH]2)c1N)=NCC. The number of H-pyrrole nitrogens is 1. The molecule has 2 heterocycles. The van der Waals surface area contributed by atoms with Crippen LogP contribution < -0.4 is 10.5 Å². The first kappa shape index (κ1) is 30.8. The van der Waals surface area contributed by atoms with Crippen molar-refractivity contribution in [2.75, 3.05) is 23.3 Å². The third kappa shape index (κ3) is 8.16. The molecule has 3 aromatic rings. The number of nitrogens with one attached hydrogen (secondary N) is 2. The minimum absolute atomic E-state index is 0.200. The van der Waals surface area contributed by atoms with E-state index in [1.54, 1.807) is 16.8 Å². The third-order valence-corrected chi connectivity index (χ3v) is 6.63. The molecule has 8 nitrogen and oxygen atoms in total. The van der Waals surface area contributed by atoms with Gasteiger partial charge in [0.1, 0.15) is 11.6 Å². The second kappa shape index (κ2) is 14.6. The molecule has 0 unspecified atom stereocenters.